The smallest absolute Gasteiger partial charge is 0.173 e. The van der Waals surface area contributed by atoms with E-state index < -0.39 is 31.2 Å². The number of aromatic nitrogens is 2. The van der Waals surface area contributed by atoms with Crippen LogP contribution in [0.5, 0.6) is 0 Å². The lowest BCUT2D eigenvalue weighted by Crippen LogP contribution is -2.30. The summed E-state index contributed by atoms with van der Waals surface area (Å²) in [6, 6.07) is 0. The Kier molecular flexibility index (Phi) is 4.71. The average Bonchev–Trinajstić information content (AvgIpc) is 2.98. The van der Waals surface area contributed by atoms with Gasteiger partial charge in [0.05, 0.1) is 18.6 Å². The van der Waals surface area contributed by atoms with Crippen LogP contribution in [0.3, 0.4) is 0 Å². The molecule has 7 nitrogen and oxygen atoms in total. The number of nitrogens with zero attached hydrogens (tertiary/aromatic N) is 2. The maximum absolute atomic E-state index is 14.0. The highest BCUT2D eigenvalue weighted by atomic mass is 19.1. The van der Waals surface area contributed by atoms with Gasteiger partial charge in [-0.2, -0.15) is 0 Å². The SMILES string of the molecule is C=CCCC(=N)c1ncn(C2O[C@H](CO)[C@@H](O)[C@H]2F)c1N. The van der Waals surface area contributed by atoms with Crippen LogP contribution >= 0.6 is 0 Å². The number of nitrogens with two attached hydrogens (primary N) is 1. The topological polar surface area (TPSA) is 117 Å². The molecular formula is C13H19FN4O3. The molecule has 0 spiro atoms. The summed E-state index contributed by atoms with van der Waals surface area (Å²) < 4.78 is 20.5. The largest absolute Gasteiger partial charge is 0.394 e. The number of hydrogen-bond acceptors (Lipinski definition) is 6. The zero-order valence-corrected chi connectivity index (χ0v) is 11.4. The molecule has 1 unspecified atom stereocenters. The van der Waals surface area contributed by atoms with E-state index in [2.05, 4.69) is 11.6 Å². The molecule has 0 bridgehead atoms. The van der Waals surface area contributed by atoms with Gasteiger partial charge >= 0.3 is 0 Å². The Morgan fingerprint density at radius 1 is 1.67 bits per heavy atom. The predicted molar refractivity (Wildman–Crippen MR) is 74.8 cm³/mol. The lowest BCUT2D eigenvalue weighted by atomic mass is 10.1. The minimum absolute atomic E-state index is 0.0995. The number of aliphatic hydroxyl groups excluding tert-OH is 2. The Hall–Kier alpha value is -1.77. The number of alkyl halides is 1. The van der Waals surface area contributed by atoms with Gasteiger partial charge in [-0.1, -0.05) is 6.08 Å². The molecule has 1 aromatic rings. The van der Waals surface area contributed by atoms with E-state index in [9.17, 15) is 9.50 Å². The number of aliphatic hydroxyl groups is 2. The Morgan fingerprint density at radius 2 is 2.38 bits per heavy atom. The van der Waals surface area contributed by atoms with E-state index >= 15 is 0 Å². The minimum Gasteiger partial charge on any atom is -0.394 e. The van der Waals surface area contributed by atoms with Crippen molar-refractivity contribution in [1.29, 1.82) is 5.41 Å². The van der Waals surface area contributed by atoms with Crippen LogP contribution in [0.1, 0.15) is 24.8 Å². The summed E-state index contributed by atoms with van der Waals surface area (Å²) in [5, 5.41) is 26.5. The Bertz CT molecular complexity index is 533. The van der Waals surface area contributed by atoms with Crippen molar-refractivity contribution < 1.29 is 19.3 Å². The summed E-state index contributed by atoms with van der Waals surface area (Å²) in [5.41, 5.74) is 6.37. The van der Waals surface area contributed by atoms with Crippen LogP contribution in [0, 0.1) is 5.41 Å². The lowest BCUT2D eigenvalue weighted by Gasteiger charge is -2.16. The molecule has 1 aromatic heterocycles. The van der Waals surface area contributed by atoms with Gasteiger partial charge in [0.15, 0.2) is 12.4 Å². The molecular weight excluding hydrogens is 279 g/mol. The van der Waals surface area contributed by atoms with Gasteiger partial charge in [0.2, 0.25) is 0 Å². The van der Waals surface area contributed by atoms with Crippen molar-refractivity contribution in [3.8, 4) is 0 Å². The highest BCUT2D eigenvalue weighted by Gasteiger charge is 2.45. The van der Waals surface area contributed by atoms with Crippen LogP contribution in [0.25, 0.3) is 0 Å². The van der Waals surface area contributed by atoms with Crippen LogP contribution in [-0.2, 0) is 4.74 Å². The number of imidazole rings is 1. The number of nitrogens with one attached hydrogen (secondary N) is 1. The van der Waals surface area contributed by atoms with Crippen molar-refractivity contribution in [1.82, 2.24) is 9.55 Å². The van der Waals surface area contributed by atoms with Gasteiger partial charge < -0.3 is 26.1 Å². The highest BCUT2D eigenvalue weighted by Crippen LogP contribution is 2.34. The van der Waals surface area contributed by atoms with Crippen molar-refractivity contribution in [2.24, 2.45) is 0 Å². The number of ether oxygens (including phenoxy) is 1. The first-order valence-corrected chi connectivity index (χ1v) is 6.60. The van der Waals surface area contributed by atoms with E-state index in [1.165, 1.54) is 10.9 Å². The summed E-state index contributed by atoms with van der Waals surface area (Å²) in [7, 11) is 0. The summed E-state index contributed by atoms with van der Waals surface area (Å²) in [4.78, 5) is 4.01. The quantitative estimate of drug-likeness (QED) is 0.447. The van der Waals surface area contributed by atoms with Crippen molar-refractivity contribution in [2.75, 3.05) is 12.3 Å². The molecule has 0 aromatic carbocycles. The molecule has 0 aliphatic carbocycles. The standard InChI is InChI=1S/C13H19FN4O3/c1-2-3-4-7(15)10-12(16)18(6-17-10)13-9(14)11(20)8(5-19)21-13/h2,6,8-9,11,13,15,19-20H,1,3-5,16H2/t8-,9-,11-,13?/m1/s1. The van der Waals surface area contributed by atoms with Gasteiger partial charge in [0.1, 0.15) is 23.7 Å². The first-order chi connectivity index (χ1) is 10.0. The zero-order valence-electron chi connectivity index (χ0n) is 11.4. The molecule has 0 saturated carbocycles. The van der Waals surface area contributed by atoms with E-state index in [1.54, 1.807) is 6.08 Å². The third kappa shape index (κ3) is 2.82. The molecule has 4 atom stereocenters. The van der Waals surface area contributed by atoms with E-state index in [-0.39, 0.29) is 17.2 Å². The van der Waals surface area contributed by atoms with Crippen LogP contribution in [0.15, 0.2) is 19.0 Å². The molecule has 8 heteroatoms. The fraction of sp³-hybridized carbons (Fsp3) is 0.538. The summed E-state index contributed by atoms with van der Waals surface area (Å²) in [5.74, 6) is 0.0995. The van der Waals surface area contributed by atoms with E-state index in [0.717, 1.165) is 0 Å². The third-order valence-electron chi connectivity index (χ3n) is 3.46. The summed E-state index contributed by atoms with van der Waals surface area (Å²) in [6.07, 6.45) is -1.32. The fourth-order valence-electron chi connectivity index (χ4n) is 2.25. The second kappa shape index (κ2) is 6.33. The van der Waals surface area contributed by atoms with E-state index in [1.807, 2.05) is 0 Å². The molecule has 116 valence electrons. The van der Waals surface area contributed by atoms with E-state index in [0.29, 0.717) is 12.8 Å². The molecule has 1 saturated heterocycles. The third-order valence-corrected chi connectivity index (χ3v) is 3.46. The van der Waals surface area contributed by atoms with Gasteiger partial charge in [-0.15, -0.1) is 6.58 Å². The lowest BCUT2D eigenvalue weighted by molar-refractivity contribution is -0.0465. The van der Waals surface area contributed by atoms with Crippen molar-refractivity contribution in [2.45, 2.75) is 37.4 Å². The summed E-state index contributed by atoms with van der Waals surface area (Å²) in [6.45, 7) is 3.09. The van der Waals surface area contributed by atoms with Crippen LogP contribution in [-0.4, -0.2) is 50.5 Å². The molecule has 0 amide bonds. The number of halogens is 1. The first-order valence-electron chi connectivity index (χ1n) is 6.60. The van der Waals surface area contributed by atoms with Gasteiger partial charge in [0.25, 0.3) is 0 Å². The van der Waals surface area contributed by atoms with Crippen molar-refractivity contribution >= 4 is 11.5 Å². The highest BCUT2D eigenvalue weighted by molar-refractivity contribution is 6.00. The molecule has 1 aliphatic heterocycles. The van der Waals surface area contributed by atoms with Crippen molar-refractivity contribution in [3.05, 3.63) is 24.7 Å². The molecule has 2 heterocycles. The van der Waals surface area contributed by atoms with Gasteiger partial charge in [0, 0.05) is 0 Å². The molecule has 1 aliphatic rings. The maximum Gasteiger partial charge on any atom is 0.173 e. The summed E-state index contributed by atoms with van der Waals surface area (Å²) >= 11 is 0. The molecule has 5 N–H and O–H groups in total. The average molecular weight is 298 g/mol. The maximum atomic E-state index is 14.0. The number of allylic oxidation sites excluding steroid dienone is 1. The minimum atomic E-state index is -1.73. The van der Waals surface area contributed by atoms with Gasteiger partial charge in [-0.3, -0.25) is 4.57 Å². The van der Waals surface area contributed by atoms with Crippen LogP contribution < -0.4 is 5.73 Å². The Balaban J connectivity index is 2.20. The second-order valence-corrected chi connectivity index (χ2v) is 4.87. The first kappa shape index (κ1) is 15.6. The van der Waals surface area contributed by atoms with E-state index in [4.69, 9.17) is 21.0 Å². The second-order valence-electron chi connectivity index (χ2n) is 4.87. The molecule has 21 heavy (non-hydrogen) atoms. The Labute approximate surface area is 121 Å². The van der Waals surface area contributed by atoms with Crippen LogP contribution in [0.2, 0.25) is 0 Å². The number of rotatable bonds is 6. The molecule has 0 radical (unpaired) electrons. The monoisotopic (exact) mass is 298 g/mol. The van der Waals surface area contributed by atoms with Gasteiger partial charge in [-0.05, 0) is 12.8 Å². The number of anilines is 1. The van der Waals surface area contributed by atoms with Crippen molar-refractivity contribution in [3.63, 3.8) is 0 Å². The number of nitrogen functional groups attached to an aromatic ring is 1. The zero-order chi connectivity index (χ0) is 15.6. The predicted octanol–water partition coefficient (Wildman–Crippen LogP) is 0.388. The normalized spacial score (nSPS) is 28.7. The molecule has 1 fully saturated rings. The number of hydrogen-bond donors (Lipinski definition) is 4. The Morgan fingerprint density at radius 3 is 2.95 bits per heavy atom. The molecule has 2 rings (SSSR count). The van der Waals surface area contributed by atoms with Crippen LogP contribution in [0.4, 0.5) is 10.2 Å². The van der Waals surface area contributed by atoms with Gasteiger partial charge in [-0.25, -0.2) is 9.37 Å². The fourth-order valence-corrected chi connectivity index (χ4v) is 2.25.